The highest BCUT2D eigenvalue weighted by atomic mass is 32.2. The average molecular weight is 180 g/mol. The average Bonchev–Trinajstić information content (AvgIpc) is 2.17. The van der Waals surface area contributed by atoms with Crippen LogP contribution in [0.3, 0.4) is 0 Å². The Morgan fingerprint density at radius 2 is 2.08 bits per heavy atom. The lowest BCUT2D eigenvalue weighted by Gasteiger charge is -2.19. The van der Waals surface area contributed by atoms with Gasteiger partial charge in [0, 0.05) is 5.75 Å². The van der Waals surface area contributed by atoms with E-state index < -0.39 is 0 Å². The molecule has 1 aromatic carbocycles. The van der Waals surface area contributed by atoms with Crippen molar-refractivity contribution in [1.82, 2.24) is 0 Å². The molecule has 1 heterocycles. The molecule has 0 aromatic heterocycles. The Morgan fingerprint density at radius 1 is 1.33 bits per heavy atom. The summed E-state index contributed by atoms with van der Waals surface area (Å²) in [5.41, 5.74) is 2.80. The molecule has 1 atom stereocenters. The van der Waals surface area contributed by atoms with Crippen molar-refractivity contribution in [2.24, 2.45) is 0 Å². The molecule has 0 saturated heterocycles. The Morgan fingerprint density at radius 3 is 2.83 bits per heavy atom. The number of benzene rings is 1. The topological polar surface area (TPSA) is 9.23 Å². The van der Waals surface area contributed by atoms with E-state index in [9.17, 15) is 0 Å². The van der Waals surface area contributed by atoms with Crippen LogP contribution in [0.5, 0.6) is 0 Å². The Balaban J connectivity index is 2.35. The van der Waals surface area contributed by atoms with E-state index in [-0.39, 0.29) is 10.8 Å². The van der Waals surface area contributed by atoms with Gasteiger partial charge < -0.3 is 4.18 Å². The zero-order valence-electron chi connectivity index (χ0n) is 7.12. The molecule has 1 nitrogen and oxygen atoms in total. The lowest BCUT2D eigenvalue weighted by molar-refractivity contribution is 0.353. The van der Waals surface area contributed by atoms with Gasteiger partial charge in [-0.25, -0.2) is 0 Å². The van der Waals surface area contributed by atoms with Crippen LogP contribution in [0.4, 0.5) is 0 Å². The van der Waals surface area contributed by atoms with E-state index in [0.717, 1.165) is 12.4 Å². The summed E-state index contributed by atoms with van der Waals surface area (Å²) in [6, 6.07) is 8.51. The summed E-state index contributed by atoms with van der Waals surface area (Å²) in [4.78, 5) is 0. The largest absolute Gasteiger partial charge is 0.318 e. The third-order valence-electron chi connectivity index (χ3n) is 2.04. The second-order valence-electron chi connectivity index (χ2n) is 2.79. The molecule has 1 aliphatic heterocycles. The first-order valence-electron chi connectivity index (χ1n) is 4.09. The van der Waals surface area contributed by atoms with Crippen LogP contribution in [0.15, 0.2) is 24.3 Å². The van der Waals surface area contributed by atoms with Gasteiger partial charge >= 0.3 is 0 Å². The molecule has 2 rings (SSSR count). The van der Waals surface area contributed by atoms with Crippen LogP contribution in [-0.4, -0.2) is 5.37 Å². The predicted molar refractivity (Wildman–Crippen MR) is 54.3 cm³/mol. The molecule has 64 valence electrons. The predicted octanol–water partition coefficient (Wildman–Crippen LogP) is 2.72. The third-order valence-corrected chi connectivity index (χ3v) is 3.59. The van der Waals surface area contributed by atoms with Crippen LogP contribution in [0.2, 0.25) is 0 Å². The second-order valence-corrected chi connectivity index (χ2v) is 4.55. The van der Waals surface area contributed by atoms with Crippen LogP contribution in [0.1, 0.15) is 18.1 Å². The van der Waals surface area contributed by atoms with Crippen molar-refractivity contribution in [3.8, 4) is 0 Å². The molecule has 0 saturated carbocycles. The van der Waals surface area contributed by atoms with Crippen LogP contribution >= 0.6 is 10.8 Å². The molecule has 0 N–H and O–H groups in total. The molecule has 0 bridgehead atoms. The first-order valence-corrected chi connectivity index (χ1v) is 5.47. The van der Waals surface area contributed by atoms with E-state index in [0.29, 0.717) is 0 Å². The maximum absolute atomic E-state index is 5.63. The molecular weight excluding hydrogens is 168 g/mol. The van der Waals surface area contributed by atoms with Crippen molar-refractivity contribution >= 4 is 16.1 Å². The van der Waals surface area contributed by atoms with Gasteiger partial charge in [0.05, 0.1) is 6.61 Å². The summed E-state index contributed by atoms with van der Waals surface area (Å²) in [6.45, 7) is 2.85. The van der Waals surface area contributed by atoms with Gasteiger partial charge in [-0.15, -0.1) is 0 Å². The summed E-state index contributed by atoms with van der Waals surface area (Å²) in [7, 11) is 0.0620. The van der Waals surface area contributed by atoms with E-state index >= 15 is 0 Å². The van der Waals surface area contributed by atoms with Crippen molar-refractivity contribution in [3.05, 3.63) is 35.4 Å². The maximum atomic E-state index is 5.63. The molecule has 2 heteroatoms. The fourth-order valence-corrected chi connectivity index (χ4v) is 2.58. The Kier molecular flexibility index (Phi) is 2.28. The van der Waals surface area contributed by atoms with Gasteiger partial charge in [-0.05, 0) is 23.4 Å². The van der Waals surface area contributed by atoms with Crippen molar-refractivity contribution < 1.29 is 4.18 Å². The number of hydrogen-bond donors (Lipinski definition) is 0. The molecule has 0 amide bonds. The Hall–Kier alpha value is -0.600. The lowest BCUT2D eigenvalue weighted by atomic mass is 10.1. The zero-order chi connectivity index (χ0) is 8.39. The molecule has 1 aromatic rings. The van der Waals surface area contributed by atoms with Gasteiger partial charge in [0.2, 0.25) is 0 Å². The van der Waals surface area contributed by atoms with Crippen molar-refractivity contribution in [1.29, 1.82) is 0 Å². The van der Waals surface area contributed by atoms with Crippen molar-refractivity contribution in [3.63, 3.8) is 0 Å². The Bertz CT molecular complexity index is 317. The van der Waals surface area contributed by atoms with Gasteiger partial charge in [0.15, 0.2) is 0 Å². The maximum Gasteiger partial charge on any atom is 0.0860 e. The molecule has 1 aliphatic rings. The highest BCUT2D eigenvalue weighted by Gasteiger charge is 2.10. The third kappa shape index (κ3) is 1.45. The quantitative estimate of drug-likeness (QED) is 0.558. The lowest BCUT2D eigenvalue weighted by Crippen LogP contribution is -2.02. The van der Waals surface area contributed by atoms with E-state index in [4.69, 9.17) is 4.18 Å². The first-order chi connectivity index (χ1) is 5.90. The molecular formula is C10H12OS. The van der Waals surface area contributed by atoms with E-state index in [1.807, 2.05) is 0 Å². The number of rotatable bonds is 0. The van der Waals surface area contributed by atoms with Gasteiger partial charge in [-0.3, -0.25) is 0 Å². The standard InChI is InChI=1S/C10H12OS/c1-2-12-8-10-6-4-3-5-9(10)7-11-12/h2-6H,7-8H2,1H3. The van der Waals surface area contributed by atoms with Crippen molar-refractivity contribution in [2.75, 3.05) is 0 Å². The fraction of sp³-hybridized carbons (Fsp3) is 0.300. The molecule has 0 fully saturated rings. The van der Waals surface area contributed by atoms with Crippen LogP contribution in [-0.2, 0) is 16.5 Å². The zero-order valence-corrected chi connectivity index (χ0v) is 7.93. The number of hydrogen-bond acceptors (Lipinski definition) is 1. The molecule has 1 unspecified atom stereocenters. The first kappa shape index (κ1) is 8.02. The minimum absolute atomic E-state index is 0.0620. The summed E-state index contributed by atoms with van der Waals surface area (Å²) in [6.07, 6.45) is 0. The Labute approximate surface area is 75.5 Å². The van der Waals surface area contributed by atoms with Gasteiger partial charge in [-0.1, -0.05) is 35.0 Å². The van der Waals surface area contributed by atoms with Gasteiger partial charge in [0.1, 0.15) is 0 Å². The smallest absolute Gasteiger partial charge is 0.0860 e. The molecule has 0 aliphatic carbocycles. The van der Waals surface area contributed by atoms with Gasteiger partial charge in [0.25, 0.3) is 0 Å². The summed E-state index contributed by atoms with van der Waals surface area (Å²) < 4.78 is 5.63. The van der Waals surface area contributed by atoms with E-state index in [1.54, 1.807) is 0 Å². The van der Waals surface area contributed by atoms with Crippen molar-refractivity contribution in [2.45, 2.75) is 19.3 Å². The minimum Gasteiger partial charge on any atom is -0.318 e. The fourth-order valence-electron chi connectivity index (χ4n) is 1.32. The van der Waals surface area contributed by atoms with Gasteiger partial charge in [-0.2, -0.15) is 0 Å². The van der Waals surface area contributed by atoms with E-state index in [2.05, 4.69) is 36.6 Å². The molecule has 0 spiro atoms. The minimum atomic E-state index is 0.0620. The second kappa shape index (κ2) is 3.42. The number of fused-ring (bicyclic) bond motifs is 1. The highest BCUT2D eigenvalue weighted by Crippen LogP contribution is 2.30. The normalized spacial score (nSPS) is 22.2. The highest BCUT2D eigenvalue weighted by molar-refractivity contribution is 8.10. The summed E-state index contributed by atoms with van der Waals surface area (Å²) in [5, 5.41) is 2.15. The van der Waals surface area contributed by atoms with Crippen LogP contribution < -0.4 is 0 Å². The summed E-state index contributed by atoms with van der Waals surface area (Å²) in [5.74, 6) is 1.06. The molecule has 0 radical (unpaired) electrons. The monoisotopic (exact) mass is 180 g/mol. The SMILES string of the molecule is C/C=S1/Cc2ccccc2CO1. The van der Waals surface area contributed by atoms with E-state index in [1.165, 1.54) is 11.1 Å². The summed E-state index contributed by atoms with van der Waals surface area (Å²) >= 11 is 0. The van der Waals surface area contributed by atoms with Crippen LogP contribution in [0, 0.1) is 0 Å². The van der Waals surface area contributed by atoms with Crippen LogP contribution in [0.25, 0.3) is 0 Å². The molecule has 12 heavy (non-hydrogen) atoms.